The first kappa shape index (κ1) is 14.9. The molecule has 1 atom stereocenters. The van der Waals surface area contributed by atoms with Crippen molar-refractivity contribution in [1.82, 2.24) is 9.78 Å². The highest BCUT2D eigenvalue weighted by molar-refractivity contribution is 6.20. The van der Waals surface area contributed by atoms with Crippen molar-refractivity contribution in [2.45, 2.75) is 18.2 Å². The van der Waals surface area contributed by atoms with Gasteiger partial charge in [-0.2, -0.15) is 5.10 Å². The van der Waals surface area contributed by atoms with Gasteiger partial charge in [-0.05, 0) is 18.6 Å². The molecule has 0 bridgehead atoms. The van der Waals surface area contributed by atoms with Crippen LogP contribution in [0.15, 0.2) is 42.7 Å². The minimum absolute atomic E-state index is 0.203. The molecule has 108 valence electrons. The second-order valence-corrected chi connectivity index (χ2v) is 4.80. The van der Waals surface area contributed by atoms with Crippen molar-refractivity contribution >= 4 is 11.6 Å². The number of alkyl halides is 3. The topological polar surface area (TPSA) is 27.1 Å². The minimum atomic E-state index is -2.44. The van der Waals surface area contributed by atoms with Crippen molar-refractivity contribution in [3.63, 3.8) is 0 Å². The Bertz CT molecular complexity index is 519. The zero-order valence-electron chi connectivity index (χ0n) is 10.8. The van der Waals surface area contributed by atoms with Crippen LogP contribution in [0.3, 0.4) is 0 Å². The van der Waals surface area contributed by atoms with E-state index >= 15 is 0 Å². The Morgan fingerprint density at radius 3 is 2.70 bits per heavy atom. The molecule has 0 aliphatic heterocycles. The number of hydrogen-bond donors (Lipinski definition) is 0. The van der Waals surface area contributed by atoms with Gasteiger partial charge in [-0.15, -0.1) is 11.6 Å². The molecular formula is C14H15ClF2N2O. The molecule has 2 rings (SSSR count). The number of hydrogen-bond acceptors (Lipinski definition) is 2. The minimum Gasteiger partial charge on any atom is -0.375 e. The predicted octanol–water partition coefficient (Wildman–Crippen LogP) is 3.82. The van der Waals surface area contributed by atoms with Crippen molar-refractivity contribution in [1.29, 1.82) is 0 Å². The summed E-state index contributed by atoms with van der Waals surface area (Å²) in [6, 6.07) is 9.65. The Labute approximate surface area is 121 Å². The van der Waals surface area contributed by atoms with E-state index in [1.165, 1.54) is 0 Å². The molecule has 0 fully saturated rings. The number of halogens is 3. The van der Waals surface area contributed by atoms with Crippen LogP contribution >= 0.6 is 11.6 Å². The molecule has 0 saturated heterocycles. The van der Waals surface area contributed by atoms with Crippen molar-refractivity contribution in [2.24, 2.45) is 0 Å². The highest BCUT2D eigenvalue weighted by Gasteiger charge is 2.11. The standard InChI is InChI=1S/C14H15ClF2N2O/c15-13(6-7-20-10-14(16)17)11-8-18-19(9-11)12-4-2-1-3-5-12/h1-5,8-9,13-14H,6-7,10H2. The molecule has 0 saturated carbocycles. The second kappa shape index (κ2) is 7.36. The first-order chi connectivity index (χ1) is 9.66. The monoisotopic (exact) mass is 300 g/mol. The van der Waals surface area contributed by atoms with Gasteiger partial charge in [0.25, 0.3) is 6.43 Å². The third-order valence-corrected chi connectivity index (χ3v) is 3.21. The lowest BCUT2D eigenvalue weighted by atomic mass is 10.2. The average Bonchev–Trinajstić information content (AvgIpc) is 2.94. The van der Waals surface area contributed by atoms with Gasteiger partial charge in [-0.3, -0.25) is 0 Å². The highest BCUT2D eigenvalue weighted by Crippen LogP contribution is 2.24. The van der Waals surface area contributed by atoms with E-state index in [1.54, 1.807) is 10.9 Å². The van der Waals surface area contributed by atoms with Crippen LogP contribution in [0, 0.1) is 0 Å². The van der Waals surface area contributed by atoms with Crippen LogP contribution in [0.25, 0.3) is 5.69 Å². The Hall–Kier alpha value is -1.46. The number of para-hydroxylation sites is 1. The third-order valence-electron chi connectivity index (χ3n) is 2.74. The van der Waals surface area contributed by atoms with E-state index in [0.29, 0.717) is 6.42 Å². The van der Waals surface area contributed by atoms with Crippen LogP contribution in [-0.2, 0) is 4.74 Å². The Morgan fingerprint density at radius 1 is 1.25 bits per heavy atom. The van der Waals surface area contributed by atoms with Crippen LogP contribution in [0.2, 0.25) is 0 Å². The summed E-state index contributed by atoms with van der Waals surface area (Å²) in [6.07, 6.45) is 1.54. The number of benzene rings is 1. The maximum absolute atomic E-state index is 11.9. The second-order valence-electron chi connectivity index (χ2n) is 4.28. The van der Waals surface area contributed by atoms with E-state index in [4.69, 9.17) is 16.3 Å². The van der Waals surface area contributed by atoms with Crippen LogP contribution in [-0.4, -0.2) is 29.4 Å². The lowest BCUT2D eigenvalue weighted by Gasteiger charge is -2.07. The molecule has 1 unspecified atom stereocenters. The first-order valence-corrected chi connectivity index (χ1v) is 6.70. The summed E-state index contributed by atoms with van der Waals surface area (Å²) >= 11 is 6.20. The van der Waals surface area contributed by atoms with Crippen molar-refractivity contribution < 1.29 is 13.5 Å². The lowest BCUT2D eigenvalue weighted by Crippen LogP contribution is -2.06. The first-order valence-electron chi connectivity index (χ1n) is 6.27. The molecular weight excluding hydrogens is 286 g/mol. The fraction of sp³-hybridized carbons (Fsp3) is 0.357. The van der Waals surface area contributed by atoms with Gasteiger partial charge >= 0.3 is 0 Å². The molecule has 3 nitrogen and oxygen atoms in total. The zero-order valence-corrected chi connectivity index (χ0v) is 11.5. The Kier molecular flexibility index (Phi) is 5.49. The van der Waals surface area contributed by atoms with Gasteiger partial charge in [0.1, 0.15) is 6.61 Å². The van der Waals surface area contributed by atoms with Gasteiger partial charge in [0.15, 0.2) is 0 Å². The predicted molar refractivity (Wildman–Crippen MR) is 73.6 cm³/mol. The van der Waals surface area contributed by atoms with Crippen LogP contribution < -0.4 is 0 Å². The summed E-state index contributed by atoms with van der Waals surface area (Å²) in [6.45, 7) is -0.345. The van der Waals surface area contributed by atoms with Crippen LogP contribution in [0.5, 0.6) is 0 Å². The fourth-order valence-corrected chi connectivity index (χ4v) is 1.95. The van der Waals surface area contributed by atoms with E-state index in [0.717, 1.165) is 11.3 Å². The van der Waals surface area contributed by atoms with E-state index < -0.39 is 13.0 Å². The summed E-state index contributed by atoms with van der Waals surface area (Å²) in [7, 11) is 0. The normalized spacial score (nSPS) is 12.8. The van der Waals surface area contributed by atoms with Gasteiger partial charge in [0.05, 0.1) is 17.3 Å². The van der Waals surface area contributed by atoms with Gasteiger partial charge in [-0.1, -0.05) is 18.2 Å². The molecule has 1 aromatic heterocycles. The summed E-state index contributed by atoms with van der Waals surface area (Å²) in [4.78, 5) is 0. The molecule has 0 amide bonds. The molecule has 6 heteroatoms. The fourth-order valence-electron chi connectivity index (χ4n) is 1.75. The summed E-state index contributed by atoms with van der Waals surface area (Å²) < 4.78 is 30.3. The van der Waals surface area contributed by atoms with E-state index in [9.17, 15) is 8.78 Å². The third kappa shape index (κ3) is 4.28. The smallest absolute Gasteiger partial charge is 0.261 e. The van der Waals surface area contributed by atoms with Crippen molar-refractivity contribution in [3.8, 4) is 5.69 Å². The zero-order chi connectivity index (χ0) is 14.4. The molecule has 1 aromatic carbocycles. The summed E-state index contributed by atoms with van der Waals surface area (Å²) in [5, 5.41) is 3.93. The SMILES string of the molecule is FC(F)COCCC(Cl)c1cnn(-c2ccccc2)c1. The summed E-state index contributed by atoms with van der Waals surface area (Å²) in [5.74, 6) is 0. The van der Waals surface area contributed by atoms with Gasteiger partial charge in [0, 0.05) is 18.4 Å². The summed E-state index contributed by atoms with van der Waals surface area (Å²) in [5.41, 5.74) is 1.78. The highest BCUT2D eigenvalue weighted by atomic mass is 35.5. The van der Waals surface area contributed by atoms with Crippen LogP contribution in [0.4, 0.5) is 8.78 Å². The van der Waals surface area contributed by atoms with E-state index in [1.807, 2.05) is 36.5 Å². The Morgan fingerprint density at radius 2 is 2.00 bits per heavy atom. The molecule has 0 spiro atoms. The van der Waals surface area contributed by atoms with Gasteiger partial charge in [0.2, 0.25) is 0 Å². The van der Waals surface area contributed by atoms with Gasteiger partial charge < -0.3 is 4.74 Å². The number of rotatable bonds is 7. The molecule has 0 aliphatic rings. The lowest BCUT2D eigenvalue weighted by molar-refractivity contribution is 0.0165. The maximum Gasteiger partial charge on any atom is 0.261 e. The molecule has 1 heterocycles. The van der Waals surface area contributed by atoms with E-state index in [2.05, 4.69) is 5.10 Å². The molecule has 20 heavy (non-hydrogen) atoms. The molecule has 0 aliphatic carbocycles. The number of ether oxygens (including phenoxy) is 1. The molecule has 2 aromatic rings. The molecule has 0 radical (unpaired) electrons. The van der Waals surface area contributed by atoms with Crippen molar-refractivity contribution in [3.05, 3.63) is 48.3 Å². The van der Waals surface area contributed by atoms with Crippen LogP contribution in [0.1, 0.15) is 17.4 Å². The van der Waals surface area contributed by atoms with E-state index in [-0.39, 0.29) is 12.0 Å². The average molecular weight is 301 g/mol. The quantitative estimate of drug-likeness (QED) is 0.574. The maximum atomic E-state index is 11.9. The Balaban J connectivity index is 1.88. The molecule has 0 N–H and O–H groups in total. The number of aromatic nitrogens is 2. The number of nitrogens with zero attached hydrogens (tertiary/aromatic N) is 2. The van der Waals surface area contributed by atoms with Crippen molar-refractivity contribution in [2.75, 3.05) is 13.2 Å². The van der Waals surface area contributed by atoms with Gasteiger partial charge in [-0.25, -0.2) is 13.5 Å². The largest absolute Gasteiger partial charge is 0.375 e.